The van der Waals surface area contributed by atoms with Crippen LogP contribution in [0.25, 0.3) is 10.6 Å². The first kappa shape index (κ1) is 17.5. The van der Waals surface area contributed by atoms with E-state index < -0.39 is 11.6 Å². The Morgan fingerprint density at radius 2 is 1.78 bits per heavy atom. The number of nitrogens with zero attached hydrogens (tertiary/aromatic N) is 4. The maximum absolute atomic E-state index is 13.4. The van der Waals surface area contributed by atoms with Crippen LogP contribution in [0.5, 0.6) is 0 Å². The summed E-state index contributed by atoms with van der Waals surface area (Å²) in [6, 6.07) is 11.1. The molecule has 5 nitrogen and oxygen atoms in total. The lowest BCUT2D eigenvalue weighted by molar-refractivity contribution is 0.0746. The highest BCUT2D eigenvalue weighted by atomic mass is 32.1. The number of carbonyl (C=O) groups excluding carboxylic acids is 1. The van der Waals surface area contributed by atoms with Crippen LogP contribution < -0.4 is 4.90 Å². The van der Waals surface area contributed by atoms with Crippen molar-refractivity contribution in [1.82, 2.24) is 15.1 Å². The SMILES string of the molecule is O=C(c1ccc(F)c(F)c1)N1CCN(c2ccc(-c3cccs3)nn2)CC1. The van der Waals surface area contributed by atoms with Gasteiger partial charge in [0.1, 0.15) is 5.69 Å². The lowest BCUT2D eigenvalue weighted by atomic mass is 10.1. The monoisotopic (exact) mass is 386 g/mol. The highest BCUT2D eigenvalue weighted by Gasteiger charge is 2.23. The summed E-state index contributed by atoms with van der Waals surface area (Å²) in [5, 5.41) is 10.6. The zero-order valence-electron chi connectivity index (χ0n) is 14.3. The summed E-state index contributed by atoms with van der Waals surface area (Å²) in [6.45, 7) is 2.16. The van der Waals surface area contributed by atoms with Crippen LogP contribution in [0.4, 0.5) is 14.6 Å². The molecule has 27 heavy (non-hydrogen) atoms. The number of aromatic nitrogens is 2. The fraction of sp³-hybridized carbons (Fsp3) is 0.211. The Morgan fingerprint density at radius 3 is 2.41 bits per heavy atom. The van der Waals surface area contributed by atoms with Crippen LogP contribution in [-0.2, 0) is 0 Å². The molecule has 1 aliphatic heterocycles. The van der Waals surface area contributed by atoms with Crippen molar-refractivity contribution in [3.63, 3.8) is 0 Å². The van der Waals surface area contributed by atoms with Gasteiger partial charge in [0, 0.05) is 31.7 Å². The van der Waals surface area contributed by atoms with E-state index in [0.29, 0.717) is 26.2 Å². The smallest absolute Gasteiger partial charge is 0.254 e. The molecule has 0 unspecified atom stereocenters. The highest BCUT2D eigenvalue weighted by Crippen LogP contribution is 2.23. The standard InChI is InChI=1S/C19H16F2N4OS/c20-14-4-3-13(12-15(14)21)19(26)25-9-7-24(8-10-25)18-6-5-16(22-23-18)17-2-1-11-27-17/h1-6,11-12H,7-10H2. The molecule has 0 saturated carbocycles. The normalized spacial score (nSPS) is 14.4. The van der Waals surface area contributed by atoms with Gasteiger partial charge in [-0.1, -0.05) is 6.07 Å². The van der Waals surface area contributed by atoms with Crippen LogP contribution >= 0.6 is 11.3 Å². The number of carbonyl (C=O) groups is 1. The molecule has 2 aromatic heterocycles. The number of amides is 1. The summed E-state index contributed by atoms with van der Waals surface area (Å²) in [6.07, 6.45) is 0. The molecule has 1 fully saturated rings. The van der Waals surface area contributed by atoms with Gasteiger partial charge in [-0.15, -0.1) is 21.5 Å². The molecule has 0 aliphatic carbocycles. The Kier molecular flexibility index (Phi) is 4.81. The van der Waals surface area contributed by atoms with E-state index in [1.807, 2.05) is 29.6 Å². The van der Waals surface area contributed by atoms with Crippen LogP contribution in [0.15, 0.2) is 47.8 Å². The van der Waals surface area contributed by atoms with E-state index in [1.54, 1.807) is 16.2 Å². The third-order valence-electron chi connectivity index (χ3n) is 4.48. The van der Waals surface area contributed by atoms with Gasteiger partial charge in [-0.25, -0.2) is 8.78 Å². The van der Waals surface area contributed by atoms with Crippen molar-refractivity contribution in [2.24, 2.45) is 0 Å². The Hall–Kier alpha value is -2.87. The summed E-state index contributed by atoms with van der Waals surface area (Å²) in [4.78, 5) is 17.2. The van der Waals surface area contributed by atoms with Crippen molar-refractivity contribution >= 4 is 23.1 Å². The predicted octanol–water partition coefficient (Wildman–Crippen LogP) is 3.45. The molecule has 1 amide bonds. The number of rotatable bonds is 3. The molecule has 1 aliphatic rings. The molecule has 0 N–H and O–H groups in total. The quantitative estimate of drug-likeness (QED) is 0.692. The highest BCUT2D eigenvalue weighted by molar-refractivity contribution is 7.13. The molecule has 8 heteroatoms. The molecule has 3 heterocycles. The van der Waals surface area contributed by atoms with Crippen molar-refractivity contribution in [3.05, 3.63) is 65.0 Å². The third kappa shape index (κ3) is 3.66. The zero-order chi connectivity index (χ0) is 18.8. The number of thiophene rings is 1. The first-order valence-electron chi connectivity index (χ1n) is 8.49. The number of benzene rings is 1. The molecule has 1 aromatic carbocycles. The Bertz CT molecular complexity index is 939. The van der Waals surface area contributed by atoms with Crippen molar-refractivity contribution in [1.29, 1.82) is 0 Å². The molecule has 3 aromatic rings. The van der Waals surface area contributed by atoms with Crippen molar-refractivity contribution in [2.75, 3.05) is 31.1 Å². The number of halogens is 2. The number of hydrogen-bond acceptors (Lipinski definition) is 5. The molecule has 0 radical (unpaired) electrons. The van der Waals surface area contributed by atoms with Gasteiger partial charge >= 0.3 is 0 Å². The average molecular weight is 386 g/mol. The Labute approximate surface area is 158 Å². The fourth-order valence-corrected chi connectivity index (χ4v) is 3.69. The van der Waals surface area contributed by atoms with E-state index in [0.717, 1.165) is 28.5 Å². The first-order chi connectivity index (χ1) is 13.1. The maximum atomic E-state index is 13.4. The van der Waals surface area contributed by atoms with Gasteiger partial charge in [-0.3, -0.25) is 4.79 Å². The lowest BCUT2D eigenvalue weighted by Crippen LogP contribution is -2.49. The van der Waals surface area contributed by atoms with E-state index in [9.17, 15) is 13.6 Å². The van der Waals surface area contributed by atoms with Gasteiger partial charge in [0.25, 0.3) is 5.91 Å². The molecule has 0 spiro atoms. The van der Waals surface area contributed by atoms with Crippen molar-refractivity contribution in [3.8, 4) is 10.6 Å². The summed E-state index contributed by atoms with van der Waals surface area (Å²) in [5.74, 6) is -1.51. The lowest BCUT2D eigenvalue weighted by Gasteiger charge is -2.35. The van der Waals surface area contributed by atoms with E-state index in [2.05, 4.69) is 15.1 Å². The van der Waals surface area contributed by atoms with Gasteiger partial charge in [-0.05, 0) is 41.8 Å². The molecule has 4 rings (SSSR count). The van der Waals surface area contributed by atoms with E-state index in [1.165, 1.54) is 6.07 Å². The van der Waals surface area contributed by atoms with E-state index in [4.69, 9.17) is 0 Å². The van der Waals surface area contributed by atoms with Crippen molar-refractivity contribution < 1.29 is 13.6 Å². The second-order valence-corrected chi connectivity index (χ2v) is 7.11. The molecule has 138 valence electrons. The van der Waals surface area contributed by atoms with Crippen LogP contribution in [-0.4, -0.2) is 47.2 Å². The zero-order valence-corrected chi connectivity index (χ0v) is 15.1. The van der Waals surface area contributed by atoms with Crippen LogP contribution in [0.3, 0.4) is 0 Å². The van der Waals surface area contributed by atoms with Gasteiger partial charge in [0.05, 0.1) is 4.88 Å². The largest absolute Gasteiger partial charge is 0.352 e. The third-order valence-corrected chi connectivity index (χ3v) is 5.37. The van der Waals surface area contributed by atoms with Gasteiger partial charge in [-0.2, -0.15) is 0 Å². The topological polar surface area (TPSA) is 49.3 Å². The summed E-state index contributed by atoms with van der Waals surface area (Å²) in [5.41, 5.74) is 0.989. The first-order valence-corrected chi connectivity index (χ1v) is 9.36. The summed E-state index contributed by atoms with van der Waals surface area (Å²) < 4.78 is 26.4. The minimum absolute atomic E-state index is 0.155. The predicted molar refractivity (Wildman–Crippen MR) is 99.8 cm³/mol. The summed E-state index contributed by atoms with van der Waals surface area (Å²) in [7, 11) is 0. The second-order valence-electron chi connectivity index (χ2n) is 6.16. The molecular weight excluding hydrogens is 370 g/mol. The minimum Gasteiger partial charge on any atom is -0.352 e. The summed E-state index contributed by atoms with van der Waals surface area (Å²) >= 11 is 1.61. The molecule has 0 atom stereocenters. The van der Waals surface area contributed by atoms with Crippen LogP contribution in [0, 0.1) is 11.6 Å². The second kappa shape index (κ2) is 7.40. The van der Waals surface area contributed by atoms with Gasteiger partial charge < -0.3 is 9.80 Å². The van der Waals surface area contributed by atoms with Crippen LogP contribution in [0.2, 0.25) is 0 Å². The molecule has 0 bridgehead atoms. The van der Waals surface area contributed by atoms with E-state index >= 15 is 0 Å². The fourth-order valence-electron chi connectivity index (χ4n) is 3.00. The van der Waals surface area contributed by atoms with Crippen molar-refractivity contribution in [2.45, 2.75) is 0 Å². The molecule has 1 saturated heterocycles. The van der Waals surface area contributed by atoms with Gasteiger partial charge in [0.15, 0.2) is 17.5 Å². The Balaban J connectivity index is 1.39. The average Bonchev–Trinajstić information content (AvgIpc) is 3.25. The van der Waals surface area contributed by atoms with E-state index in [-0.39, 0.29) is 11.5 Å². The molecular formula is C19H16F2N4OS. The minimum atomic E-state index is -1.01. The number of hydrogen-bond donors (Lipinski definition) is 0. The Morgan fingerprint density at radius 1 is 0.963 bits per heavy atom. The number of piperazine rings is 1. The number of anilines is 1. The van der Waals surface area contributed by atoms with Crippen LogP contribution in [0.1, 0.15) is 10.4 Å². The van der Waals surface area contributed by atoms with Gasteiger partial charge in [0.2, 0.25) is 0 Å². The maximum Gasteiger partial charge on any atom is 0.254 e.